The quantitative estimate of drug-likeness (QED) is 0.843. The highest BCUT2D eigenvalue weighted by atomic mass is 79.9. The summed E-state index contributed by atoms with van der Waals surface area (Å²) in [5.74, 6) is 0.146. The minimum absolute atomic E-state index is 0.0276. The second-order valence-electron chi connectivity index (χ2n) is 5.21. The molecular formula is C15H22BrNO2. The van der Waals surface area contributed by atoms with Gasteiger partial charge in [-0.05, 0) is 43.9 Å². The highest BCUT2D eigenvalue weighted by Crippen LogP contribution is 2.18. The van der Waals surface area contributed by atoms with Crippen LogP contribution in [0.4, 0.5) is 0 Å². The molecule has 0 heterocycles. The molecule has 1 aromatic carbocycles. The normalized spacial score (nSPS) is 15.6. The summed E-state index contributed by atoms with van der Waals surface area (Å²) in [6.45, 7) is 6.29. The number of amides is 1. The lowest BCUT2D eigenvalue weighted by Gasteiger charge is -2.17. The fourth-order valence-electron chi connectivity index (χ4n) is 2.00. The van der Waals surface area contributed by atoms with Crippen molar-refractivity contribution in [1.82, 2.24) is 5.32 Å². The zero-order valence-electron chi connectivity index (χ0n) is 11.7. The summed E-state index contributed by atoms with van der Waals surface area (Å²) in [5.41, 5.74) is 1.00. The van der Waals surface area contributed by atoms with E-state index in [0.29, 0.717) is 13.0 Å². The Morgan fingerprint density at radius 2 is 1.84 bits per heavy atom. The van der Waals surface area contributed by atoms with Crippen molar-refractivity contribution < 1.29 is 9.90 Å². The van der Waals surface area contributed by atoms with Gasteiger partial charge in [-0.15, -0.1) is 0 Å². The predicted molar refractivity (Wildman–Crippen MR) is 81.0 cm³/mol. The van der Waals surface area contributed by atoms with Crippen molar-refractivity contribution in [3.8, 4) is 0 Å². The molecule has 2 N–H and O–H groups in total. The van der Waals surface area contributed by atoms with Crippen molar-refractivity contribution in [2.45, 2.75) is 39.2 Å². The molecule has 0 spiro atoms. The SMILES string of the molecule is CC(O)CC(C)CNC(=O)C(C)c1ccc(Br)cc1. The molecule has 19 heavy (non-hydrogen) atoms. The van der Waals surface area contributed by atoms with Crippen LogP contribution in [0.15, 0.2) is 28.7 Å². The first-order chi connectivity index (χ1) is 8.90. The van der Waals surface area contributed by atoms with Gasteiger partial charge in [0.05, 0.1) is 12.0 Å². The van der Waals surface area contributed by atoms with Gasteiger partial charge in [-0.2, -0.15) is 0 Å². The third kappa shape index (κ3) is 5.74. The second-order valence-corrected chi connectivity index (χ2v) is 6.12. The van der Waals surface area contributed by atoms with E-state index in [1.807, 2.05) is 38.1 Å². The summed E-state index contributed by atoms with van der Waals surface area (Å²) in [4.78, 5) is 12.0. The van der Waals surface area contributed by atoms with E-state index in [0.717, 1.165) is 10.0 Å². The van der Waals surface area contributed by atoms with E-state index < -0.39 is 0 Å². The Morgan fingerprint density at radius 1 is 1.26 bits per heavy atom. The van der Waals surface area contributed by atoms with Gasteiger partial charge in [0.2, 0.25) is 5.91 Å². The largest absolute Gasteiger partial charge is 0.393 e. The zero-order chi connectivity index (χ0) is 14.4. The Morgan fingerprint density at radius 3 is 2.37 bits per heavy atom. The molecule has 3 unspecified atom stereocenters. The number of rotatable bonds is 6. The van der Waals surface area contributed by atoms with Crippen LogP contribution in [0.25, 0.3) is 0 Å². The molecule has 1 aromatic rings. The van der Waals surface area contributed by atoms with Gasteiger partial charge in [0, 0.05) is 11.0 Å². The maximum Gasteiger partial charge on any atom is 0.227 e. The predicted octanol–water partition coefficient (Wildman–Crippen LogP) is 3.08. The maximum atomic E-state index is 12.0. The second kappa shape index (κ2) is 7.65. The van der Waals surface area contributed by atoms with E-state index in [-0.39, 0.29) is 23.8 Å². The third-order valence-corrected chi connectivity index (χ3v) is 3.66. The van der Waals surface area contributed by atoms with Crippen molar-refractivity contribution >= 4 is 21.8 Å². The van der Waals surface area contributed by atoms with Crippen molar-refractivity contribution in [1.29, 1.82) is 0 Å². The van der Waals surface area contributed by atoms with Gasteiger partial charge < -0.3 is 10.4 Å². The van der Waals surface area contributed by atoms with Gasteiger partial charge in [0.15, 0.2) is 0 Å². The molecule has 3 atom stereocenters. The average molecular weight is 328 g/mol. The zero-order valence-corrected chi connectivity index (χ0v) is 13.3. The molecule has 0 radical (unpaired) electrons. The Kier molecular flexibility index (Phi) is 6.52. The van der Waals surface area contributed by atoms with Crippen molar-refractivity contribution in [2.24, 2.45) is 5.92 Å². The monoisotopic (exact) mass is 327 g/mol. The van der Waals surface area contributed by atoms with Crippen molar-refractivity contribution in [3.05, 3.63) is 34.3 Å². The Labute approximate surface area is 123 Å². The molecule has 0 bridgehead atoms. The lowest BCUT2D eigenvalue weighted by molar-refractivity contribution is -0.122. The number of halogens is 1. The van der Waals surface area contributed by atoms with E-state index in [9.17, 15) is 9.90 Å². The van der Waals surface area contributed by atoms with Gasteiger partial charge in [-0.3, -0.25) is 4.79 Å². The Balaban J connectivity index is 2.47. The number of nitrogens with one attached hydrogen (secondary N) is 1. The molecule has 0 aliphatic carbocycles. The first-order valence-electron chi connectivity index (χ1n) is 6.61. The van der Waals surface area contributed by atoms with Crippen LogP contribution in [-0.2, 0) is 4.79 Å². The van der Waals surface area contributed by atoms with Crippen LogP contribution in [0.3, 0.4) is 0 Å². The van der Waals surface area contributed by atoms with Crippen LogP contribution in [0.1, 0.15) is 38.7 Å². The van der Waals surface area contributed by atoms with Crippen molar-refractivity contribution in [2.75, 3.05) is 6.54 Å². The number of hydrogen-bond acceptors (Lipinski definition) is 2. The molecule has 0 aliphatic heterocycles. The minimum Gasteiger partial charge on any atom is -0.393 e. The first-order valence-corrected chi connectivity index (χ1v) is 7.40. The van der Waals surface area contributed by atoms with E-state index in [4.69, 9.17) is 0 Å². The number of aliphatic hydroxyl groups is 1. The number of benzene rings is 1. The van der Waals surface area contributed by atoms with Gasteiger partial charge in [-0.25, -0.2) is 0 Å². The fraction of sp³-hybridized carbons (Fsp3) is 0.533. The van der Waals surface area contributed by atoms with Gasteiger partial charge in [-0.1, -0.05) is 35.0 Å². The van der Waals surface area contributed by atoms with Crippen molar-refractivity contribution in [3.63, 3.8) is 0 Å². The highest BCUT2D eigenvalue weighted by molar-refractivity contribution is 9.10. The molecule has 0 fully saturated rings. The summed E-state index contributed by atoms with van der Waals surface area (Å²) in [5, 5.41) is 12.2. The average Bonchev–Trinajstić information content (AvgIpc) is 2.35. The van der Waals surface area contributed by atoms with Gasteiger partial charge >= 0.3 is 0 Å². The van der Waals surface area contributed by atoms with Crippen LogP contribution in [0.5, 0.6) is 0 Å². The minimum atomic E-state index is -0.323. The van der Waals surface area contributed by atoms with Crippen LogP contribution in [-0.4, -0.2) is 23.7 Å². The molecule has 0 saturated heterocycles. The summed E-state index contributed by atoms with van der Waals surface area (Å²) in [6.07, 6.45) is 0.378. The number of aliphatic hydroxyl groups excluding tert-OH is 1. The van der Waals surface area contributed by atoms with Crippen LogP contribution < -0.4 is 5.32 Å². The smallest absolute Gasteiger partial charge is 0.227 e. The molecule has 0 aliphatic rings. The summed E-state index contributed by atoms with van der Waals surface area (Å²) >= 11 is 3.38. The van der Waals surface area contributed by atoms with E-state index >= 15 is 0 Å². The molecule has 1 rings (SSSR count). The fourth-order valence-corrected chi connectivity index (χ4v) is 2.26. The molecule has 4 heteroatoms. The van der Waals surface area contributed by atoms with E-state index in [2.05, 4.69) is 21.2 Å². The molecule has 0 aromatic heterocycles. The van der Waals surface area contributed by atoms with Crippen LogP contribution >= 0.6 is 15.9 Å². The summed E-state index contributed by atoms with van der Waals surface area (Å²) < 4.78 is 1.01. The standard InChI is InChI=1S/C15H22BrNO2/c1-10(8-11(2)18)9-17-15(19)12(3)13-4-6-14(16)7-5-13/h4-7,10-12,18H,8-9H2,1-3H3,(H,17,19). The number of carbonyl (C=O) groups excluding carboxylic acids is 1. The highest BCUT2D eigenvalue weighted by Gasteiger charge is 2.16. The van der Waals surface area contributed by atoms with Crippen LogP contribution in [0, 0.1) is 5.92 Å². The Bertz CT molecular complexity index is 403. The summed E-state index contributed by atoms with van der Waals surface area (Å²) in [7, 11) is 0. The van der Waals surface area contributed by atoms with E-state index in [1.165, 1.54) is 0 Å². The molecular weight excluding hydrogens is 306 g/mol. The lowest BCUT2D eigenvalue weighted by atomic mass is 9.99. The van der Waals surface area contributed by atoms with Crippen LogP contribution in [0.2, 0.25) is 0 Å². The lowest BCUT2D eigenvalue weighted by Crippen LogP contribution is -2.32. The molecule has 0 saturated carbocycles. The Hall–Kier alpha value is -0.870. The van der Waals surface area contributed by atoms with E-state index in [1.54, 1.807) is 6.92 Å². The van der Waals surface area contributed by atoms with Gasteiger partial charge in [0.1, 0.15) is 0 Å². The van der Waals surface area contributed by atoms with Gasteiger partial charge in [0.25, 0.3) is 0 Å². The molecule has 106 valence electrons. The third-order valence-electron chi connectivity index (χ3n) is 3.13. The maximum absolute atomic E-state index is 12.0. The topological polar surface area (TPSA) is 49.3 Å². The first kappa shape index (κ1) is 16.2. The number of hydrogen-bond donors (Lipinski definition) is 2. The number of carbonyl (C=O) groups is 1. The molecule has 3 nitrogen and oxygen atoms in total. The summed E-state index contributed by atoms with van der Waals surface area (Å²) in [6, 6.07) is 7.78. The molecule has 1 amide bonds.